The fourth-order valence-electron chi connectivity index (χ4n) is 3.65. The van der Waals surface area contributed by atoms with Crippen LogP contribution in [0.15, 0.2) is 34.7 Å². The zero-order chi connectivity index (χ0) is 21.5. The number of likely N-dealkylation sites (N-methyl/N-ethyl adjacent to an activating group) is 1. The van der Waals surface area contributed by atoms with Crippen LogP contribution in [0.1, 0.15) is 39.4 Å². The third-order valence-corrected chi connectivity index (χ3v) is 12.8. The second kappa shape index (κ2) is 8.12. The van der Waals surface area contributed by atoms with Gasteiger partial charge in [-0.1, -0.05) is 51.1 Å². The number of rotatable bonds is 5. The molecule has 7 heteroatoms. The zero-order valence-corrected chi connectivity index (χ0v) is 22.7. The van der Waals surface area contributed by atoms with Crippen molar-refractivity contribution < 1.29 is 8.95 Å². The Labute approximate surface area is 175 Å². The quantitative estimate of drug-likeness (QED) is 0.359. The first-order valence-corrected chi connectivity index (χ1v) is 18.9. The second-order valence-electron chi connectivity index (χ2n) is 11.1. The molecule has 0 spiro atoms. The molecule has 1 aromatic carbocycles. The molecule has 0 aliphatic carbocycles. The molecular formula is C21H41N2O2PSi2. The topological polar surface area (TPSA) is 34.1 Å². The smallest absolute Gasteiger partial charge is 0.184 e. The van der Waals surface area contributed by atoms with Gasteiger partial charge in [0.1, 0.15) is 11.9 Å². The summed E-state index contributed by atoms with van der Waals surface area (Å²) in [6, 6.07) is 10.9. The molecule has 1 fully saturated rings. The Morgan fingerprint density at radius 2 is 1.61 bits per heavy atom. The van der Waals surface area contributed by atoms with Gasteiger partial charge in [0.05, 0.1) is 0 Å². The van der Waals surface area contributed by atoms with E-state index in [1.807, 2.05) is 0 Å². The lowest BCUT2D eigenvalue weighted by Crippen LogP contribution is -2.42. The Bertz CT molecular complexity index is 721. The summed E-state index contributed by atoms with van der Waals surface area (Å²) in [7, 11) is -3.69. The number of hydrogen-bond donors (Lipinski definition) is 0. The van der Waals surface area contributed by atoms with E-state index in [-0.39, 0.29) is 23.4 Å². The maximum atomic E-state index is 7.07. The lowest BCUT2D eigenvalue weighted by molar-refractivity contribution is 0.129. The van der Waals surface area contributed by atoms with Crippen LogP contribution in [-0.2, 0) is 8.95 Å². The highest BCUT2D eigenvalue weighted by molar-refractivity contribution is 7.61. The first kappa shape index (κ1) is 24.0. The van der Waals surface area contributed by atoms with Gasteiger partial charge in [-0.2, -0.15) is 0 Å². The first-order chi connectivity index (χ1) is 12.6. The van der Waals surface area contributed by atoms with Crippen molar-refractivity contribution in [1.82, 2.24) is 4.67 Å². The van der Waals surface area contributed by atoms with Gasteiger partial charge >= 0.3 is 0 Å². The van der Waals surface area contributed by atoms with Crippen molar-refractivity contribution in [3.63, 3.8) is 0 Å². The van der Waals surface area contributed by atoms with E-state index in [0.717, 1.165) is 0 Å². The van der Waals surface area contributed by atoms with Gasteiger partial charge in [-0.3, -0.25) is 0 Å². The van der Waals surface area contributed by atoms with Crippen LogP contribution < -0.4 is 0 Å². The molecule has 0 bridgehead atoms. The van der Waals surface area contributed by atoms with E-state index in [1.54, 1.807) is 0 Å². The highest BCUT2D eigenvalue weighted by Crippen LogP contribution is 2.71. The molecule has 1 saturated heterocycles. The Morgan fingerprint density at radius 1 is 1.07 bits per heavy atom. The second-order valence-corrected chi connectivity index (χ2v) is 23.2. The standard InChI is InChI=1S/C21H41N2O2PSi2/c1-17-19(18-15-13-12-14-16-18)24-26(23(17)5,22-27(6,7)8)20(21(2,3)4)25-28(9,10)11/h12-17,19-20H,1-11H3/t17-,19-,20-,26?/m0/s1. The van der Waals surface area contributed by atoms with Crippen molar-refractivity contribution in [2.24, 2.45) is 9.83 Å². The molecule has 0 saturated carbocycles. The van der Waals surface area contributed by atoms with Crippen LogP contribution in [0.5, 0.6) is 0 Å². The average molecular weight is 441 g/mol. The van der Waals surface area contributed by atoms with Crippen molar-refractivity contribution in [3.05, 3.63) is 35.9 Å². The van der Waals surface area contributed by atoms with Crippen molar-refractivity contribution in [2.45, 2.75) is 85.0 Å². The molecule has 1 unspecified atom stereocenters. The van der Waals surface area contributed by atoms with Gasteiger partial charge in [0.15, 0.2) is 24.0 Å². The van der Waals surface area contributed by atoms with Crippen LogP contribution in [0.25, 0.3) is 0 Å². The monoisotopic (exact) mass is 440 g/mol. The van der Waals surface area contributed by atoms with E-state index >= 15 is 0 Å². The lowest BCUT2D eigenvalue weighted by Gasteiger charge is -2.45. The number of benzene rings is 1. The van der Waals surface area contributed by atoms with Gasteiger partial charge in [0, 0.05) is 6.04 Å². The molecule has 4 atom stereocenters. The van der Waals surface area contributed by atoms with E-state index in [0.29, 0.717) is 0 Å². The molecule has 0 amide bonds. The molecule has 2 rings (SSSR count). The average Bonchev–Trinajstić information content (AvgIpc) is 2.76. The summed E-state index contributed by atoms with van der Waals surface area (Å²) < 4.78 is 22.0. The van der Waals surface area contributed by atoms with Crippen molar-refractivity contribution in [3.8, 4) is 0 Å². The van der Waals surface area contributed by atoms with E-state index in [2.05, 4.69) is 109 Å². The Morgan fingerprint density at radius 3 is 2.04 bits per heavy atom. The highest BCUT2D eigenvalue weighted by Gasteiger charge is 2.54. The minimum absolute atomic E-state index is 0.0229. The van der Waals surface area contributed by atoms with Crippen molar-refractivity contribution >= 4 is 24.0 Å². The van der Waals surface area contributed by atoms with Crippen LogP contribution in [0.2, 0.25) is 39.3 Å². The van der Waals surface area contributed by atoms with E-state index < -0.39 is 24.0 Å². The molecule has 0 N–H and O–H groups in total. The summed E-state index contributed by atoms with van der Waals surface area (Å²) in [6.07, 6.45) is 0.0229. The third-order valence-electron chi connectivity index (χ3n) is 4.83. The summed E-state index contributed by atoms with van der Waals surface area (Å²) >= 11 is 0. The molecule has 28 heavy (non-hydrogen) atoms. The SMILES string of the molecule is C[C@H]1[C@@H](c2ccccc2)OP(=N[Si](C)(C)C)([C@H](O[Si](C)(C)C)C(C)(C)C)N1C. The van der Waals surface area contributed by atoms with Gasteiger partial charge in [0.25, 0.3) is 0 Å². The lowest BCUT2D eigenvalue weighted by atomic mass is 9.98. The largest absolute Gasteiger partial charge is 0.405 e. The van der Waals surface area contributed by atoms with E-state index in [1.165, 1.54) is 5.56 Å². The molecule has 1 aliphatic heterocycles. The maximum Gasteiger partial charge on any atom is 0.184 e. The first-order valence-electron chi connectivity index (χ1n) is 10.3. The normalized spacial score (nSPS) is 28.4. The van der Waals surface area contributed by atoms with Crippen molar-refractivity contribution in [2.75, 3.05) is 7.05 Å². The van der Waals surface area contributed by atoms with Gasteiger partial charge in [-0.15, -0.1) is 0 Å². The minimum atomic E-state index is -2.33. The molecule has 0 aromatic heterocycles. The third kappa shape index (κ3) is 5.47. The Hall–Kier alpha value is -0.236. The summed E-state index contributed by atoms with van der Waals surface area (Å²) in [5.74, 6) is -0.0282. The fourth-order valence-corrected chi connectivity index (χ4v) is 13.7. The zero-order valence-electron chi connectivity index (χ0n) is 19.8. The highest BCUT2D eigenvalue weighted by atomic mass is 31.2. The van der Waals surface area contributed by atoms with Gasteiger partial charge in [0.2, 0.25) is 0 Å². The molecule has 1 heterocycles. The van der Waals surface area contributed by atoms with Crippen LogP contribution in [-0.4, -0.2) is 40.2 Å². The number of nitrogens with zero attached hydrogens (tertiary/aromatic N) is 2. The van der Waals surface area contributed by atoms with E-state index in [4.69, 9.17) is 13.4 Å². The van der Waals surface area contributed by atoms with Crippen LogP contribution >= 0.6 is 7.43 Å². The van der Waals surface area contributed by atoms with Gasteiger partial charge in [-0.25, -0.2) is 4.67 Å². The Kier molecular flexibility index (Phi) is 6.97. The fraction of sp³-hybridized carbons (Fsp3) is 0.714. The van der Waals surface area contributed by atoms with Crippen LogP contribution in [0.3, 0.4) is 0 Å². The molecular weight excluding hydrogens is 399 g/mol. The Balaban J connectivity index is 2.69. The van der Waals surface area contributed by atoms with Crippen molar-refractivity contribution in [1.29, 1.82) is 0 Å². The maximum absolute atomic E-state index is 7.07. The van der Waals surface area contributed by atoms with Gasteiger partial charge < -0.3 is 13.4 Å². The number of hydrogen-bond acceptors (Lipinski definition) is 3. The molecule has 4 nitrogen and oxygen atoms in total. The summed E-state index contributed by atoms with van der Waals surface area (Å²) in [5.41, 5.74) is 1.17. The molecule has 0 radical (unpaired) electrons. The van der Waals surface area contributed by atoms with Gasteiger partial charge in [-0.05, 0) is 64.2 Å². The van der Waals surface area contributed by atoms with Crippen LogP contribution in [0, 0.1) is 5.41 Å². The predicted molar refractivity (Wildman–Crippen MR) is 128 cm³/mol. The minimum Gasteiger partial charge on any atom is -0.405 e. The van der Waals surface area contributed by atoms with E-state index in [9.17, 15) is 0 Å². The predicted octanol–water partition coefficient (Wildman–Crippen LogP) is 7.17. The molecule has 160 valence electrons. The summed E-state index contributed by atoms with van der Waals surface area (Å²) in [5, 5.41) is 0. The summed E-state index contributed by atoms with van der Waals surface area (Å²) in [6.45, 7) is 22.8. The summed E-state index contributed by atoms with van der Waals surface area (Å²) in [4.78, 5) is 0. The molecule has 1 aliphatic rings. The van der Waals surface area contributed by atoms with Crippen LogP contribution in [0.4, 0.5) is 0 Å². The molecule has 1 aromatic rings.